The van der Waals surface area contributed by atoms with Crippen LogP contribution in [0.5, 0.6) is 0 Å². The average Bonchev–Trinajstić information content (AvgIpc) is 2.93. The van der Waals surface area contributed by atoms with Crippen molar-refractivity contribution in [3.8, 4) is 0 Å². The average molecular weight is 261 g/mol. The van der Waals surface area contributed by atoms with Crippen molar-refractivity contribution < 1.29 is 9.53 Å². The van der Waals surface area contributed by atoms with Gasteiger partial charge in [-0.05, 0) is 5.56 Å². The molecule has 2 aromatic rings. The highest BCUT2D eigenvalue weighted by atomic mass is 16.5. The van der Waals surface area contributed by atoms with Crippen molar-refractivity contribution in [2.45, 2.75) is 13.2 Å². The van der Waals surface area contributed by atoms with E-state index < -0.39 is 5.91 Å². The van der Waals surface area contributed by atoms with Crippen LogP contribution in [0, 0.1) is 0 Å². The van der Waals surface area contributed by atoms with Gasteiger partial charge in [0.2, 0.25) is 0 Å². The first kappa shape index (κ1) is 13.2. The fraction of sp³-hybridized carbons (Fsp3) is 0.250. The number of nitrogen functional groups attached to an aromatic ring is 1. The molecule has 1 amide bonds. The number of nitrogens with two attached hydrogens (primary N) is 1. The van der Waals surface area contributed by atoms with Crippen molar-refractivity contribution in [1.29, 1.82) is 0 Å². The van der Waals surface area contributed by atoms with Gasteiger partial charge >= 0.3 is 0 Å². The first-order chi connectivity index (χ1) is 9.29. The Hall–Kier alpha value is -2.25. The number of benzene rings is 1. The smallest absolute Gasteiger partial charge is 0.287 e. The second kappa shape index (κ2) is 6.62. The topological polar surface area (TPSA) is 95.1 Å². The zero-order valence-electron chi connectivity index (χ0n) is 10.3. The van der Waals surface area contributed by atoms with E-state index in [-0.39, 0.29) is 5.69 Å². The minimum atomic E-state index is -0.462. The summed E-state index contributed by atoms with van der Waals surface area (Å²) < 4.78 is 7.04. The Morgan fingerprint density at radius 1 is 1.37 bits per heavy atom. The van der Waals surface area contributed by atoms with Crippen LogP contribution in [0.3, 0.4) is 0 Å². The van der Waals surface area contributed by atoms with Gasteiger partial charge in [0.1, 0.15) is 0 Å². The Morgan fingerprint density at radius 3 is 2.89 bits per heavy atom. The van der Waals surface area contributed by atoms with Crippen LogP contribution in [0.4, 0.5) is 0 Å². The zero-order chi connectivity index (χ0) is 13.5. The van der Waals surface area contributed by atoms with Gasteiger partial charge in [-0.15, -0.1) is 5.10 Å². The van der Waals surface area contributed by atoms with Crippen LogP contribution in [0.15, 0.2) is 36.5 Å². The van der Waals surface area contributed by atoms with Crippen LogP contribution in [-0.4, -0.2) is 27.5 Å². The normalized spacial score (nSPS) is 10.4. The fourth-order valence-electron chi connectivity index (χ4n) is 1.51. The third-order valence-electron chi connectivity index (χ3n) is 2.48. The largest absolute Gasteiger partial charge is 0.375 e. The number of rotatable bonds is 6. The summed E-state index contributed by atoms with van der Waals surface area (Å²) >= 11 is 0. The van der Waals surface area contributed by atoms with Crippen molar-refractivity contribution in [2.75, 3.05) is 6.61 Å². The molecule has 0 unspecified atom stereocenters. The molecule has 7 nitrogen and oxygen atoms in total. The van der Waals surface area contributed by atoms with Crippen LogP contribution in [0.1, 0.15) is 16.1 Å². The number of aromatic nitrogens is 3. The van der Waals surface area contributed by atoms with Crippen molar-refractivity contribution >= 4 is 5.91 Å². The van der Waals surface area contributed by atoms with Crippen molar-refractivity contribution in [1.82, 2.24) is 20.4 Å². The van der Waals surface area contributed by atoms with E-state index in [1.807, 2.05) is 35.8 Å². The van der Waals surface area contributed by atoms with E-state index in [0.717, 1.165) is 5.56 Å². The second-order valence-corrected chi connectivity index (χ2v) is 3.88. The number of nitrogens with zero attached hydrogens (tertiary/aromatic N) is 3. The lowest BCUT2D eigenvalue weighted by atomic mass is 10.2. The van der Waals surface area contributed by atoms with E-state index >= 15 is 0 Å². The first-order valence-corrected chi connectivity index (χ1v) is 5.82. The van der Waals surface area contributed by atoms with Gasteiger partial charge in [-0.1, -0.05) is 35.5 Å². The number of hydrogen-bond donors (Lipinski definition) is 2. The summed E-state index contributed by atoms with van der Waals surface area (Å²) in [4.78, 5) is 11.2. The molecule has 1 aromatic carbocycles. The van der Waals surface area contributed by atoms with Gasteiger partial charge in [-0.25, -0.2) is 10.5 Å². The highest BCUT2D eigenvalue weighted by molar-refractivity contribution is 5.91. The van der Waals surface area contributed by atoms with Gasteiger partial charge in [-0.2, -0.15) is 0 Å². The molecule has 3 N–H and O–H groups in total. The summed E-state index contributed by atoms with van der Waals surface area (Å²) in [6.45, 7) is 1.56. The maximum Gasteiger partial charge on any atom is 0.287 e. The van der Waals surface area contributed by atoms with Crippen molar-refractivity contribution in [3.63, 3.8) is 0 Å². The quantitative estimate of drug-likeness (QED) is 0.333. The van der Waals surface area contributed by atoms with Gasteiger partial charge in [0.15, 0.2) is 5.69 Å². The Morgan fingerprint density at radius 2 is 2.16 bits per heavy atom. The molecule has 0 radical (unpaired) electrons. The SMILES string of the molecule is NNC(=O)c1cn(CCOCc2ccccc2)nn1. The Kier molecular flexibility index (Phi) is 4.60. The molecule has 1 aromatic heterocycles. The third kappa shape index (κ3) is 3.87. The summed E-state index contributed by atoms with van der Waals surface area (Å²) in [6.07, 6.45) is 1.52. The van der Waals surface area contributed by atoms with Gasteiger partial charge in [0.25, 0.3) is 5.91 Å². The molecular weight excluding hydrogens is 246 g/mol. The lowest BCUT2D eigenvalue weighted by Gasteiger charge is -2.03. The molecular formula is C12H15N5O2. The maximum atomic E-state index is 11.2. The molecule has 0 saturated heterocycles. The number of amides is 1. The third-order valence-corrected chi connectivity index (χ3v) is 2.48. The van der Waals surface area contributed by atoms with E-state index in [2.05, 4.69) is 10.3 Å². The predicted molar refractivity (Wildman–Crippen MR) is 67.8 cm³/mol. The Balaban J connectivity index is 1.74. The maximum absolute atomic E-state index is 11.2. The van der Waals surface area contributed by atoms with E-state index in [1.165, 1.54) is 10.9 Å². The van der Waals surface area contributed by atoms with Gasteiger partial charge in [-0.3, -0.25) is 10.2 Å². The molecule has 100 valence electrons. The second-order valence-electron chi connectivity index (χ2n) is 3.88. The monoisotopic (exact) mass is 261 g/mol. The lowest BCUT2D eigenvalue weighted by Crippen LogP contribution is -2.30. The summed E-state index contributed by atoms with van der Waals surface area (Å²) in [7, 11) is 0. The molecule has 1 heterocycles. The minimum Gasteiger partial charge on any atom is -0.375 e. The van der Waals surface area contributed by atoms with Crippen LogP contribution in [-0.2, 0) is 17.9 Å². The standard InChI is InChI=1S/C12H15N5O2/c13-14-12(18)11-8-17(16-15-11)6-7-19-9-10-4-2-1-3-5-10/h1-5,8H,6-7,9,13H2,(H,14,18). The van der Waals surface area contributed by atoms with Gasteiger partial charge < -0.3 is 4.74 Å². The van der Waals surface area contributed by atoms with Crippen molar-refractivity contribution in [3.05, 3.63) is 47.8 Å². The molecule has 0 aliphatic carbocycles. The van der Waals surface area contributed by atoms with Gasteiger partial charge in [0.05, 0.1) is 26.0 Å². The number of carbonyl (C=O) groups excluding carboxylic acids is 1. The van der Waals surface area contributed by atoms with Crippen LogP contribution < -0.4 is 11.3 Å². The highest BCUT2D eigenvalue weighted by Crippen LogP contribution is 2.00. The minimum absolute atomic E-state index is 0.186. The lowest BCUT2D eigenvalue weighted by molar-refractivity contribution is 0.0948. The van der Waals surface area contributed by atoms with Crippen LogP contribution in [0.25, 0.3) is 0 Å². The fourth-order valence-corrected chi connectivity index (χ4v) is 1.51. The molecule has 19 heavy (non-hydrogen) atoms. The summed E-state index contributed by atoms with van der Waals surface area (Å²) in [5, 5.41) is 7.49. The summed E-state index contributed by atoms with van der Waals surface area (Å²) in [5.41, 5.74) is 3.30. The predicted octanol–water partition coefficient (Wildman–Crippen LogP) is 0.0984. The van der Waals surface area contributed by atoms with Crippen LogP contribution in [0.2, 0.25) is 0 Å². The molecule has 7 heteroatoms. The molecule has 0 fully saturated rings. The van der Waals surface area contributed by atoms with E-state index in [9.17, 15) is 4.79 Å². The van der Waals surface area contributed by atoms with Crippen LogP contribution >= 0.6 is 0 Å². The molecule has 0 atom stereocenters. The van der Waals surface area contributed by atoms with E-state index in [0.29, 0.717) is 19.8 Å². The number of ether oxygens (including phenoxy) is 1. The molecule has 0 bridgehead atoms. The summed E-state index contributed by atoms with van der Waals surface area (Å²) in [5.74, 6) is 4.54. The van der Waals surface area contributed by atoms with Crippen molar-refractivity contribution in [2.24, 2.45) is 5.84 Å². The number of carbonyl (C=O) groups is 1. The number of nitrogens with one attached hydrogen (secondary N) is 1. The molecule has 0 aliphatic rings. The first-order valence-electron chi connectivity index (χ1n) is 5.82. The zero-order valence-corrected chi connectivity index (χ0v) is 10.3. The number of hydrazine groups is 1. The van der Waals surface area contributed by atoms with E-state index in [1.54, 1.807) is 0 Å². The number of hydrogen-bond acceptors (Lipinski definition) is 5. The molecule has 0 saturated carbocycles. The summed E-state index contributed by atoms with van der Waals surface area (Å²) in [6, 6.07) is 9.89. The Bertz CT molecular complexity index is 526. The van der Waals surface area contributed by atoms with Gasteiger partial charge in [0, 0.05) is 0 Å². The molecule has 0 spiro atoms. The highest BCUT2D eigenvalue weighted by Gasteiger charge is 2.08. The Labute approximate surface area is 110 Å². The van der Waals surface area contributed by atoms with E-state index in [4.69, 9.17) is 10.6 Å². The molecule has 0 aliphatic heterocycles. The molecule has 2 rings (SSSR count).